The Hall–Kier alpha value is -4.59. The van der Waals surface area contributed by atoms with E-state index < -0.39 is 6.04 Å². The van der Waals surface area contributed by atoms with Crippen molar-refractivity contribution in [2.75, 3.05) is 25.1 Å². The minimum atomic E-state index is -0.540. The molecule has 6 rings (SSSR count). The number of anilines is 1. The van der Waals surface area contributed by atoms with Crippen LogP contribution >= 0.6 is 0 Å². The lowest BCUT2D eigenvalue weighted by Crippen LogP contribution is -2.43. The van der Waals surface area contributed by atoms with Crippen LogP contribution in [0, 0.1) is 17.7 Å². The smallest absolute Gasteiger partial charge is 0.247 e. The maximum absolute atomic E-state index is 13.6. The minimum Gasteiger partial charge on any atom is -0.490 e. The van der Waals surface area contributed by atoms with Gasteiger partial charge >= 0.3 is 0 Å². The summed E-state index contributed by atoms with van der Waals surface area (Å²) >= 11 is 0. The first-order valence-electron chi connectivity index (χ1n) is 15.3. The van der Waals surface area contributed by atoms with E-state index in [1.165, 1.54) is 17.7 Å². The highest BCUT2D eigenvalue weighted by Gasteiger charge is 2.39. The van der Waals surface area contributed by atoms with Gasteiger partial charge in [-0.25, -0.2) is 4.39 Å². The Bertz CT molecular complexity index is 1500. The highest BCUT2D eigenvalue weighted by molar-refractivity contribution is 5.97. The van der Waals surface area contributed by atoms with Crippen LogP contribution in [-0.4, -0.2) is 42.5 Å². The number of nitrogens with zero attached hydrogens (tertiary/aromatic N) is 1. The van der Waals surface area contributed by atoms with Crippen molar-refractivity contribution in [2.45, 2.75) is 44.6 Å². The first-order chi connectivity index (χ1) is 21.5. The monoisotopic (exact) mass is 596 g/mol. The Morgan fingerprint density at radius 1 is 0.932 bits per heavy atom. The van der Waals surface area contributed by atoms with Crippen molar-refractivity contribution in [1.82, 2.24) is 4.90 Å². The predicted octanol–water partition coefficient (Wildman–Crippen LogP) is 7.02. The van der Waals surface area contributed by atoms with Gasteiger partial charge in [-0.1, -0.05) is 36.4 Å². The molecule has 1 unspecified atom stereocenters. The molecule has 1 saturated heterocycles. The Morgan fingerprint density at radius 2 is 1.66 bits per heavy atom. The first-order valence-corrected chi connectivity index (χ1v) is 15.3. The zero-order valence-electron chi connectivity index (χ0n) is 24.6. The fourth-order valence-electron chi connectivity index (χ4n) is 6.17. The van der Waals surface area contributed by atoms with Gasteiger partial charge < -0.3 is 24.4 Å². The number of carbonyl (C=O) groups is 2. The molecule has 44 heavy (non-hydrogen) atoms. The molecule has 7 nitrogen and oxygen atoms in total. The van der Waals surface area contributed by atoms with Crippen molar-refractivity contribution >= 4 is 17.5 Å². The topological polar surface area (TPSA) is 77.1 Å². The van der Waals surface area contributed by atoms with Gasteiger partial charge in [0.05, 0.1) is 0 Å². The molecule has 3 aliphatic rings. The summed E-state index contributed by atoms with van der Waals surface area (Å²) in [6.45, 7) is 1.71. The molecule has 1 fully saturated rings. The molecule has 0 bridgehead atoms. The van der Waals surface area contributed by atoms with Gasteiger partial charge in [-0.3, -0.25) is 9.59 Å². The molecular weight excluding hydrogens is 559 g/mol. The van der Waals surface area contributed by atoms with Crippen LogP contribution in [0.25, 0.3) is 0 Å². The number of amides is 2. The SMILES string of the molecule is O=C(Nc1ccc(Oc2ccc(F)cc2)cc1)[C@@H]1C[C@@H](Cc2ccccc2)CN1C(=O)CCCC1C=CC2=C(C1)OCCO2. The second-order valence-electron chi connectivity index (χ2n) is 11.6. The number of benzene rings is 3. The third-order valence-electron chi connectivity index (χ3n) is 8.37. The molecule has 0 saturated carbocycles. The Morgan fingerprint density at radius 3 is 2.43 bits per heavy atom. The molecule has 0 radical (unpaired) electrons. The number of hydrogen-bond donors (Lipinski definition) is 1. The molecule has 1 aliphatic carbocycles. The summed E-state index contributed by atoms with van der Waals surface area (Å²) in [5.41, 5.74) is 1.82. The van der Waals surface area contributed by atoms with E-state index in [0.717, 1.165) is 37.2 Å². The van der Waals surface area contributed by atoms with Crippen LogP contribution in [0.2, 0.25) is 0 Å². The number of halogens is 1. The van der Waals surface area contributed by atoms with Gasteiger partial charge in [0.15, 0.2) is 5.76 Å². The zero-order valence-corrected chi connectivity index (χ0v) is 24.6. The number of allylic oxidation sites excluding steroid dienone is 3. The lowest BCUT2D eigenvalue weighted by Gasteiger charge is -2.27. The summed E-state index contributed by atoms with van der Waals surface area (Å²) in [4.78, 5) is 28.9. The van der Waals surface area contributed by atoms with Gasteiger partial charge in [-0.15, -0.1) is 0 Å². The van der Waals surface area contributed by atoms with Crippen LogP contribution in [0.1, 0.15) is 37.7 Å². The summed E-state index contributed by atoms with van der Waals surface area (Å²) in [5.74, 6) is 2.82. The van der Waals surface area contributed by atoms with Crippen LogP contribution < -0.4 is 10.1 Å². The van der Waals surface area contributed by atoms with Gasteiger partial charge in [0.25, 0.3) is 0 Å². The zero-order chi connectivity index (χ0) is 30.3. The fourth-order valence-corrected chi connectivity index (χ4v) is 6.17. The van der Waals surface area contributed by atoms with E-state index in [4.69, 9.17) is 14.2 Å². The Kier molecular flexibility index (Phi) is 9.25. The number of carbonyl (C=O) groups excluding carboxylic acids is 2. The van der Waals surface area contributed by atoms with Crippen LogP contribution in [0.15, 0.2) is 103 Å². The summed E-state index contributed by atoms with van der Waals surface area (Å²) in [6, 6.07) is 22.5. The Balaban J connectivity index is 1.07. The van der Waals surface area contributed by atoms with Gasteiger partial charge in [0, 0.05) is 25.1 Å². The van der Waals surface area contributed by atoms with E-state index in [-0.39, 0.29) is 23.5 Å². The van der Waals surface area contributed by atoms with E-state index in [1.54, 1.807) is 41.3 Å². The van der Waals surface area contributed by atoms with E-state index in [2.05, 4.69) is 23.5 Å². The number of ether oxygens (including phenoxy) is 3. The van der Waals surface area contributed by atoms with Crippen molar-refractivity contribution in [3.05, 3.63) is 114 Å². The largest absolute Gasteiger partial charge is 0.490 e. The summed E-state index contributed by atoms with van der Waals surface area (Å²) in [5, 5.41) is 3.01. The molecule has 3 aromatic rings. The summed E-state index contributed by atoms with van der Waals surface area (Å²) in [6.07, 6.45) is 8.35. The highest BCUT2D eigenvalue weighted by atomic mass is 19.1. The summed E-state index contributed by atoms with van der Waals surface area (Å²) in [7, 11) is 0. The lowest BCUT2D eigenvalue weighted by molar-refractivity contribution is -0.136. The molecule has 2 aliphatic heterocycles. The van der Waals surface area contributed by atoms with Crippen LogP contribution in [0.4, 0.5) is 10.1 Å². The first kappa shape index (κ1) is 29.5. The van der Waals surface area contributed by atoms with Gasteiger partial charge in [0.1, 0.15) is 42.3 Å². The number of rotatable bonds is 10. The molecule has 2 heterocycles. The number of hydrogen-bond acceptors (Lipinski definition) is 5. The molecular formula is C36H37FN2O5. The normalized spacial score (nSPS) is 20.8. The minimum absolute atomic E-state index is 0.0145. The van der Waals surface area contributed by atoms with Gasteiger partial charge in [-0.2, -0.15) is 0 Å². The fraction of sp³-hybridized carbons (Fsp3) is 0.333. The quantitative estimate of drug-likeness (QED) is 0.272. The molecule has 2 amide bonds. The van der Waals surface area contributed by atoms with E-state index in [1.807, 2.05) is 24.3 Å². The molecule has 0 aromatic heterocycles. The third-order valence-corrected chi connectivity index (χ3v) is 8.37. The van der Waals surface area contributed by atoms with Crippen LogP contribution in [0.5, 0.6) is 11.5 Å². The second-order valence-corrected chi connectivity index (χ2v) is 11.6. The van der Waals surface area contributed by atoms with Crippen molar-refractivity contribution in [3.63, 3.8) is 0 Å². The van der Waals surface area contributed by atoms with Crippen LogP contribution in [0.3, 0.4) is 0 Å². The maximum Gasteiger partial charge on any atom is 0.247 e. The average Bonchev–Trinajstić information content (AvgIpc) is 3.47. The lowest BCUT2D eigenvalue weighted by atomic mass is 9.92. The summed E-state index contributed by atoms with van der Waals surface area (Å²) < 4.78 is 30.4. The van der Waals surface area contributed by atoms with Gasteiger partial charge in [0.2, 0.25) is 11.8 Å². The van der Waals surface area contributed by atoms with Crippen molar-refractivity contribution < 1.29 is 28.2 Å². The van der Waals surface area contributed by atoms with Gasteiger partial charge in [-0.05, 0) is 97.7 Å². The van der Waals surface area contributed by atoms with E-state index in [0.29, 0.717) is 55.7 Å². The molecule has 8 heteroatoms. The molecule has 0 spiro atoms. The molecule has 1 N–H and O–H groups in total. The average molecular weight is 597 g/mol. The third kappa shape index (κ3) is 7.48. The molecule has 228 valence electrons. The molecule has 3 atom stereocenters. The standard InChI is InChI=1S/C36H37FN2O5/c37-28-10-14-30(15-11-28)44-31-16-12-29(13-17-31)38-36(41)32-22-27(21-25-5-2-1-3-6-25)24-39(32)35(40)8-4-7-26-9-18-33-34(23-26)43-20-19-42-33/h1-3,5-6,9-18,26-27,32H,4,7-8,19-24H2,(H,38,41)/t26?,27-,32+/m1/s1. The van der Waals surface area contributed by atoms with E-state index >= 15 is 0 Å². The Labute approximate surface area is 257 Å². The number of likely N-dealkylation sites (tertiary alicyclic amines) is 1. The van der Waals surface area contributed by atoms with Crippen molar-refractivity contribution in [2.24, 2.45) is 11.8 Å². The highest BCUT2D eigenvalue weighted by Crippen LogP contribution is 2.32. The van der Waals surface area contributed by atoms with Crippen molar-refractivity contribution in [3.8, 4) is 11.5 Å². The maximum atomic E-state index is 13.6. The van der Waals surface area contributed by atoms with Crippen molar-refractivity contribution in [1.29, 1.82) is 0 Å². The van der Waals surface area contributed by atoms with Crippen LogP contribution in [-0.2, 0) is 25.5 Å². The second kappa shape index (κ2) is 13.8. The van der Waals surface area contributed by atoms with E-state index in [9.17, 15) is 14.0 Å². The molecule has 3 aromatic carbocycles. The number of nitrogens with one attached hydrogen (secondary N) is 1. The predicted molar refractivity (Wildman–Crippen MR) is 165 cm³/mol.